The Morgan fingerprint density at radius 1 is 1.45 bits per heavy atom. The normalized spacial score (nSPS) is 17.2. The number of sulfonamides is 1. The molecule has 0 saturated carbocycles. The molecular weight excluding hydrogens is 326 g/mol. The molecule has 10 heteroatoms. The predicted molar refractivity (Wildman–Crippen MR) is 74.5 cm³/mol. The van der Waals surface area contributed by atoms with Gasteiger partial charge in [0.1, 0.15) is 0 Å². The van der Waals surface area contributed by atoms with Gasteiger partial charge in [0.2, 0.25) is 0 Å². The van der Waals surface area contributed by atoms with Crippen molar-refractivity contribution in [1.29, 1.82) is 0 Å². The number of halogens is 1. The molecule has 0 spiro atoms. The first kappa shape index (κ1) is 15.5. The molecule has 0 N–H and O–H groups in total. The van der Waals surface area contributed by atoms with Crippen molar-refractivity contribution < 1.29 is 17.9 Å². The molecule has 1 aliphatic heterocycles. The van der Waals surface area contributed by atoms with Gasteiger partial charge in [-0.2, -0.15) is 4.31 Å². The summed E-state index contributed by atoms with van der Waals surface area (Å²) in [5.74, 6) is 0. The second-order valence-electron chi connectivity index (χ2n) is 4.02. The number of aromatic nitrogens is 1. The molecule has 0 bridgehead atoms. The van der Waals surface area contributed by atoms with Gasteiger partial charge in [0, 0.05) is 26.2 Å². The minimum Gasteiger partial charge on any atom is -0.450 e. The van der Waals surface area contributed by atoms with Crippen LogP contribution in [0.4, 0.5) is 4.79 Å². The van der Waals surface area contributed by atoms with Crippen molar-refractivity contribution in [3.63, 3.8) is 0 Å². The summed E-state index contributed by atoms with van der Waals surface area (Å²) in [6.07, 6.45) is 0.838. The molecule has 1 aromatic rings. The van der Waals surface area contributed by atoms with Crippen LogP contribution in [0.15, 0.2) is 10.4 Å². The van der Waals surface area contributed by atoms with Crippen LogP contribution in [-0.4, -0.2) is 61.5 Å². The van der Waals surface area contributed by atoms with E-state index >= 15 is 0 Å². The van der Waals surface area contributed by atoms with Crippen LogP contribution >= 0.6 is 22.9 Å². The van der Waals surface area contributed by atoms with Crippen molar-refractivity contribution in [1.82, 2.24) is 14.2 Å². The monoisotopic (exact) mass is 339 g/mol. The zero-order valence-electron chi connectivity index (χ0n) is 10.8. The van der Waals surface area contributed by atoms with Gasteiger partial charge in [-0.1, -0.05) is 22.9 Å². The van der Waals surface area contributed by atoms with Gasteiger partial charge in [0.25, 0.3) is 10.0 Å². The SMILES string of the molecule is CCOC(=O)N1CCN(S(=O)(=O)c2cnc(Cl)s2)CC1. The van der Waals surface area contributed by atoms with E-state index in [4.69, 9.17) is 16.3 Å². The van der Waals surface area contributed by atoms with E-state index in [9.17, 15) is 13.2 Å². The van der Waals surface area contributed by atoms with Crippen molar-refractivity contribution in [3.8, 4) is 0 Å². The number of piperazine rings is 1. The van der Waals surface area contributed by atoms with Gasteiger partial charge in [-0.15, -0.1) is 0 Å². The quantitative estimate of drug-likeness (QED) is 0.828. The van der Waals surface area contributed by atoms with Crippen molar-refractivity contribution >= 4 is 39.1 Å². The number of amides is 1. The fraction of sp³-hybridized carbons (Fsp3) is 0.600. The Morgan fingerprint density at radius 3 is 2.60 bits per heavy atom. The third-order valence-electron chi connectivity index (χ3n) is 2.82. The first-order chi connectivity index (χ1) is 9.45. The lowest BCUT2D eigenvalue weighted by Gasteiger charge is -2.32. The summed E-state index contributed by atoms with van der Waals surface area (Å²) >= 11 is 6.58. The van der Waals surface area contributed by atoms with Gasteiger partial charge in [-0.05, 0) is 6.92 Å². The van der Waals surface area contributed by atoms with Gasteiger partial charge in [0.15, 0.2) is 8.68 Å². The van der Waals surface area contributed by atoms with Crippen LogP contribution in [0, 0.1) is 0 Å². The molecule has 0 atom stereocenters. The van der Waals surface area contributed by atoms with E-state index in [-0.39, 0.29) is 21.8 Å². The van der Waals surface area contributed by atoms with E-state index in [1.54, 1.807) is 6.92 Å². The fourth-order valence-electron chi connectivity index (χ4n) is 1.81. The first-order valence-corrected chi connectivity index (χ1v) is 8.61. The third kappa shape index (κ3) is 3.22. The van der Waals surface area contributed by atoms with Gasteiger partial charge in [0.05, 0.1) is 12.8 Å². The van der Waals surface area contributed by atoms with Crippen LogP contribution in [0.25, 0.3) is 0 Å². The molecule has 0 unspecified atom stereocenters. The molecule has 112 valence electrons. The Labute approximate surface area is 126 Å². The highest BCUT2D eigenvalue weighted by Gasteiger charge is 2.31. The molecule has 0 aromatic carbocycles. The summed E-state index contributed by atoms with van der Waals surface area (Å²) in [5, 5.41) is 0. The molecule has 0 aliphatic carbocycles. The molecule has 2 heterocycles. The van der Waals surface area contributed by atoms with Crippen LogP contribution in [-0.2, 0) is 14.8 Å². The summed E-state index contributed by atoms with van der Waals surface area (Å²) < 4.78 is 31.1. The molecule has 20 heavy (non-hydrogen) atoms. The number of hydrogen-bond acceptors (Lipinski definition) is 6. The second-order valence-corrected chi connectivity index (χ2v) is 7.80. The largest absolute Gasteiger partial charge is 0.450 e. The van der Waals surface area contributed by atoms with Gasteiger partial charge < -0.3 is 9.64 Å². The zero-order valence-corrected chi connectivity index (χ0v) is 13.2. The maximum absolute atomic E-state index is 12.3. The highest BCUT2D eigenvalue weighted by molar-refractivity contribution is 7.91. The molecule has 7 nitrogen and oxygen atoms in total. The number of nitrogens with zero attached hydrogens (tertiary/aromatic N) is 3. The van der Waals surface area contributed by atoms with Crippen molar-refractivity contribution in [3.05, 3.63) is 10.7 Å². The van der Waals surface area contributed by atoms with Gasteiger partial charge in [-0.3, -0.25) is 0 Å². The number of hydrogen-bond donors (Lipinski definition) is 0. The summed E-state index contributed by atoms with van der Waals surface area (Å²) in [6.45, 7) is 3.12. The maximum atomic E-state index is 12.3. The number of carbonyl (C=O) groups is 1. The Kier molecular flexibility index (Phi) is 4.84. The van der Waals surface area contributed by atoms with Crippen LogP contribution in [0.2, 0.25) is 4.47 Å². The van der Waals surface area contributed by atoms with Crippen molar-refractivity contribution in [2.45, 2.75) is 11.1 Å². The van der Waals surface area contributed by atoms with Crippen molar-refractivity contribution in [2.24, 2.45) is 0 Å². The number of carbonyl (C=O) groups excluding carboxylic acids is 1. The number of rotatable bonds is 3. The van der Waals surface area contributed by atoms with Crippen LogP contribution < -0.4 is 0 Å². The highest BCUT2D eigenvalue weighted by Crippen LogP contribution is 2.26. The lowest BCUT2D eigenvalue weighted by molar-refractivity contribution is 0.0934. The molecular formula is C10H14ClN3O4S2. The Bertz CT molecular complexity index is 581. The van der Waals surface area contributed by atoms with Crippen LogP contribution in [0.5, 0.6) is 0 Å². The van der Waals surface area contributed by atoms with Crippen molar-refractivity contribution in [2.75, 3.05) is 32.8 Å². The van der Waals surface area contributed by atoms with Gasteiger partial charge >= 0.3 is 6.09 Å². The minimum atomic E-state index is -3.58. The summed E-state index contributed by atoms with van der Waals surface area (Å²) in [7, 11) is -3.58. The van der Waals surface area contributed by atoms with E-state index in [1.165, 1.54) is 15.4 Å². The Balaban J connectivity index is 2.02. The zero-order chi connectivity index (χ0) is 14.8. The lowest BCUT2D eigenvalue weighted by atomic mass is 10.4. The van der Waals surface area contributed by atoms with E-state index in [0.717, 1.165) is 11.3 Å². The average molecular weight is 340 g/mol. The first-order valence-electron chi connectivity index (χ1n) is 5.98. The molecule has 1 aromatic heterocycles. The molecule has 1 aliphatic rings. The molecule has 2 rings (SSSR count). The lowest BCUT2D eigenvalue weighted by Crippen LogP contribution is -2.50. The predicted octanol–water partition coefficient (Wildman–Crippen LogP) is 1.26. The minimum absolute atomic E-state index is 0.118. The molecule has 0 radical (unpaired) electrons. The van der Waals surface area contributed by atoms with E-state index in [0.29, 0.717) is 19.7 Å². The number of thiazole rings is 1. The van der Waals surface area contributed by atoms with E-state index in [1.807, 2.05) is 0 Å². The van der Waals surface area contributed by atoms with Crippen LogP contribution in [0.1, 0.15) is 6.92 Å². The summed E-state index contributed by atoms with van der Waals surface area (Å²) in [4.78, 5) is 16.8. The Hall–Kier alpha value is -0.900. The van der Waals surface area contributed by atoms with Gasteiger partial charge in [-0.25, -0.2) is 18.2 Å². The Morgan fingerprint density at radius 2 is 2.10 bits per heavy atom. The smallest absolute Gasteiger partial charge is 0.409 e. The standard InChI is InChI=1S/C10H14ClN3O4S2/c1-2-18-10(15)13-3-5-14(6-4-13)20(16,17)8-7-12-9(11)19-8/h7H,2-6H2,1H3. The maximum Gasteiger partial charge on any atom is 0.409 e. The molecule has 1 saturated heterocycles. The van der Waals surface area contributed by atoms with E-state index in [2.05, 4.69) is 4.98 Å². The van der Waals surface area contributed by atoms with Crippen LogP contribution in [0.3, 0.4) is 0 Å². The second kappa shape index (κ2) is 6.25. The highest BCUT2D eigenvalue weighted by atomic mass is 35.5. The number of ether oxygens (including phenoxy) is 1. The molecule has 1 amide bonds. The van der Waals surface area contributed by atoms with E-state index < -0.39 is 16.1 Å². The topological polar surface area (TPSA) is 79.8 Å². The summed E-state index contributed by atoms with van der Waals surface area (Å²) in [6, 6.07) is 0. The average Bonchev–Trinajstić information content (AvgIpc) is 2.86. The summed E-state index contributed by atoms with van der Waals surface area (Å²) in [5.41, 5.74) is 0. The third-order valence-corrected chi connectivity index (χ3v) is 6.27. The fourth-order valence-corrected chi connectivity index (χ4v) is 4.68. The molecule has 1 fully saturated rings.